The molecule has 2 aliphatic heterocycles. The van der Waals surface area contributed by atoms with E-state index >= 15 is 0 Å². The summed E-state index contributed by atoms with van der Waals surface area (Å²) in [4.78, 5) is 57.1. The number of thiophene rings is 1. The molecular weight excluding hydrogens is 568 g/mol. The van der Waals surface area contributed by atoms with Crippen molar-refractivity contribution < 1.29 is 24.0 Å². The highest BCUT2D eigenvalue weighted by Crippen LogP contribution is 2.55. The van der Waals surface area contributed by atoms with Gasteiger partial charge < -0.3 is 9.64 Å². The quantitative estimate of drug-likeness (QED) is 0.111. The van der Waals surface area contributed by atoms with Crippen LogP contribution in [0.4, 0.5) is 10.5 Å². The van der Waals surface area contributed by atoms with Crippen LogP contribution in [0.2, 0.25) is 0 Å². The van der Waals surface area contributed by atoms with Crippen LogP contribution in [0, 0.1) is 27.4 Å². The molecule has 0 radical (unpaired) electrons. The SMILES string of the molecule is COc1ccc(C2C(C(=O)c3cccs3)C(c3ccc(C#N)cc3)C3C(=O)N(Cc4ccccc4)C(=O)N32)cc1[N+](=O)[O-]. The second kappa shape index (κ2) is 11.2. The molecule has 3 aromatic carbocycles. The zero-order valence-electron chi connectivity index (χ0n) is 22.8. The van der Waals surface area contributed by atoms with Crippen molar-refractivity contribution in [1.29, 1.82) is 5.26 Å². The van der Waals surface area contributed by atoms with E-state index in [1.165, 1.54) is 40.4 Å². The normalized spacial score (nSPS) is 21.0. The number of ketones is 1. The molecule has 6 rings (SSSR count). The Labute approximate surface area is 250 Å². The van der Waals surface area contributed by atoms with Gasteiger partial charge in [-0.05, 0) is 46.3 Å². The summed E-state index contributed by atoms with van der Waals surface area (Å²) >= 11 is 1.24. The fourth-order valence-electron chi connectivity index (χ4n) is 6.19. The molecule has 3 amide bonds. The summed E-state index contributed by atoms with van der Waals surface area (Å²) < 4.78 is 5.20. The number of fused-ring (bicyclic) bond motifs is 1. The van der Waals surface area contributed by atoms with Gasteiger partial charge in [0.1, 0.15) is 6.04 Å². The molecular formula is C32H24N4O6S. The number of carbonyl (C=O) groups is 3. The lowest BCUT2D eigenvalue weighted by Crippen LogP contribution is -2.37. The standard InChI is InChI=1S/C32H24N4O6S/c1-42-24-14-13-22(16-23(24)36(40)41)28-27(30(37)25-8-5-15-43-25)26(21-11-9-19(17-33)10-12-21)29-31(38)34(32(39)35(28)29)18-20-6-3-2-4-7-20/h2-16,26-29H,18H2,1H3. The smallest absolute Gasteiger partial charge is 0.328 e. The Kier molecular flexibility index (Phi) is 7.21. The number of nitrogens with zero attached hydrogens (tertiary/aromatic N) is 4. The number of carbonyl (C=O) groups excluding carboxylic acids is 3. The molecule has 214 valence electrons. The number of hydrogen-bond acceptors (Lipinski definition) is 8. The van der Waals surface area contributed by atoms with Crippen LogP contribution in [0.15, 0.2) is 90.3 Å². The van der Waals surface area contributed by atoms with Gasteiger partial charge in [-0.15, -0.1) is 11.3 Å². The first kappa shape index (κ1) is 27.8. The molecule has 11 heteroatoms. The van der Waals surface area contributed by atoms with Gasteiger partial charge in [0.25, 0.3) is 5.91 Å². The summed E-state index contributed by atoms with van der Waals surface area (Å²) in [6.07, 6.45) is 0. The fraction of sp³-hybridized carbons (Fsp3) is 0.188. The van der Waals surface area contributed by atoms with Gasteiger partial charge in [-0.3, -0.25) is 24.6 Å². The van der Waals surface area contributed by atoms with Crippen LogP contribution in [0.3, 0.4) is 0 Å². The molecule has 4 atom stereocenters. The van der Waals surface area contributed by atoms with Crippen LogP contribution in [0.5, 0.6) is 5.75 Å². The highest BCUT2D eigenvalue weighted by Gasteiger charge is 2.63. The predicted octanol–water partition coefficient (Wildman–Crippen LogP) is 5.71. The minimum absolute atomic E-state index is 0.0302. The van der Waals surface area contributed by atoms with Gasteiger partial charge in [-0.2, -0.15) is 5.26 Å². The van der Waals surface area contributed by atoms with E-state index in [1.54, 1.807) is 47.8 Å². The minimum atomic E-state index is -1.05. The third-order valence-electron chi connectivity index (χ3n) is 8.05. The van der Waals surface area contributed by atoms with E-state index in [0.29, 0.717) is 21.6 Å². The first-order valence-corrected chi connectivity index (χ1v) is 14.3. The van der Waals surface area contributed by atoms with Crippen LogP contribution < -0.4 is 4.74 Å². The maximum atomic E-state index is 14.3. The topological polar surface area (TPSA) is 134 Å². The van der Waals surface area contributed by atoms with E-state index in [0.717, 1.165) is 5.56 Å². The number of hydrogen-bond donors (Lipinski definition) is 0. The van der Waals surface area contributed by atoms with Gasteiger partial charge in [0.15, 0.2) is 11.5 Å². The van der Waals surface area contributed by atoms with E-state index in [9.17, 15) is 29.8 Å². The number of amides is 3. The predicted molar refractivity (Wildman–Crippen MR) is 156 cm³/mol. The molecule has 0 bridgehead atoms. The Balaban J connectivity index is 1.55. The average molecular weight is 593 g/mol. The van der Waals surface area contributed by atoms with E-state index < -0.39 is 40.8 Å². The lowest BCUT2D eigenvalue weighted by molar-refractivity contribution is -0.385. The lowest BCUT2D eigenvalue weighted by Gasteiger charge is -2.28. The molecule has 0 saturated carbocycles. The molecule has 2 fully saturated rings. The molecule has 43 heavy (non-hydrogen) atoms. The number of ether oxygens (including phenoxy) is 1. The average Bonchev–Trinajstić information content (AvgIpc) is 3.75. The van der Waals surface area contributed by atoms with Crippen LogP contribution in [-0.4, -0.2) is 45.6 Å². The van der Waals surface area contributed by atoms with Crippen molar-refractivity contribution in [2.45, 2.75) is 24.5 Å². The van der Waals surface area contributed by atoms with Gasteiger partial charge in [0, 0.05) is 12.0 Å². The summed E-state index contributed by atoms with van der Waals surface area (Å²) in [6, 6.07) is 23.0. The van der Waals surface area contributed by atoms with Crippen molar-refractivity contribution in [1.82, 2.24) is 9.80 Å². The summed E-state index contributed by atoms with van der Waals surface area (Å²) in [7, 11) is 1.32. The number of nitriles is 1. The maximum absolute atomic E-state index is 14.3. The Bertz CT molecular complexity index is 1770. The molecule has 10 nitrogen and oxygen atoms in total. The van der Waals surface area contributed by atoms with E-state index in [4.69, 9.17) is 4.74 Å². The van der Waals surface area contributed by atoms with Crippen molar-refractivity contribution >= 4 is 34.7 Å². The summed E-state index contributed by atoms with van der Waals surface area (Å²) in [5, 5.41) is 23.1. The number of imide groups is 1. The molecule has 2 saturated heterocycles. The molecule has 2 aliphatic rings. The number of methoxy groups -OCH3 is 1. The van der Waals surface area contributed by atoms with E-state index in [-0.39, 0.29) is 23.8 Å². The first-order chi connectivity index (χ1) is 20.8. The molecule has 0 N–H and O–H groups in total. The van der Waals surface area contributed by atoms with Crippen molar-refractivity contribution in [3.8, 4) is 11.8 Å². The second-order valence-corrected chi connectivity index (χ2v) is 11.3. The minimum Gasteiger partial charge on any atom is -0.490 e. The van der Waals surface area contributed by atoms with Gasteiger partial charge in [-0.25, -0.2) is 4.79 Å². The van der Waals surface area contributed by atoms with E-state index in [2.05, 4.69) is 6.07 Å². The Morgan fingerprint density at radius 2 is 1.72 bits per heavy atom. The van der Waals surface area contributed by atoms with Crippen LogP contribution >= 0.6 is 11.3 Å². The number of Topliss-reactive ketones (excluding diaryl/α,β-unsaturated/α-hetero) is 1. The highest BCUT2D eigenvalue weighted by atomic mass is 32.1. The monoisotopic (exact) mass is 592 g/mol. The lowest BCUT2D eigenvalue weighted by atomic mass is 9.76. The number of benzene rings is 3. The van der Waals surface area contributed by atoms with Gasteiger partial charge in [0.2, 0.25) is 0 Å². The Hall–Kier alpha value is -5.34. The van der Waals surface area contributed by atoms with Gasteiger partial charge >= 0.3 is 11.7 Å². The Morgan fingerprint density at radius 1 is 1.00 bits per heavy atom. The Morgan fingerprint density at radius 3 is 2.35 bits per heavy atom. The number of rotatable bonds is 8. The van der Waals surface area contributed by atoms with Gasteiger partial charge in [0.05, 0.1) is 47.0 Å². The molecule has 1 aromatic heterocycles. The second-order valence-electron chi connectivity index (χ2n) is 10.3. The van der Waals surface area contributed by atoms with Crippen LogP contribution in [0.25, 0.3) is 0 Å². The molecule has 4 unspecified atom stereocenters. The van der Waals surface area contributed by atoms with Crippen molar-refractivity contribution in [2.75, 3.05) is 7.11 Å². The molecule has 3 heterocycles. The number of nitro benzene ring substituents is 1. The van der Waals surface area contributed by atoms with Crippen molar-refractivity contribution in [3.05, 3.63) is 128 Å². The van der Waals surface area contributed by atoms with Crippen LogP contribution in [-0.2, 0) is 11.3 Å². The maximum Gasteiger partial charge on any atom is 0.328 e. The molecule has 0 aliphatic carbocycles. The zero-order valence-corrected chi connectivity index (χ0v) is 23.6. The summed E-state index contributed by atoms with van der Waals surface area (Å²) in [5.74, 6) is -2.44. The number of urea groups is 1. The summed E-state index contributed by atoms with van der Waals surface area (Å²) in [6.45, 7) is 0.0324. The van der Waals surface area contributed by atoms with Crippen LogP contribution in [0.1, 0.15) is 43.9 Å². The van der Waals surface area contributed by atoms with E-state index in [1.807, 2.05) is 30.3 Å². The first-order valence-electron chi connectivity index (χ1n) is 13.4. The van der Waals surface area contributed by atoms with Crippen molar-refractivity contribution in [3.63, 3.8) is 0 Å². The largest absolute Gasteiger partial charge is 0.490 e. The van der Waals surface area contributed by atoms with Crippen molar-refractivity contribution in [2.24, 2.45) is 5.92 Å². The van der Waals surface area contributed by atoms with Gasteiger partial charge in [-0.1, -0.05) is 54.6 Å². The summed E-state index contributed by atoms with van der Waals surface area (Å²) in [5.41, 5.74) is 1.79. The highest BCUT2D eigenvalue weighted by molar-refractivity contribution is 7.12. The molecule has 0 spiro atoms. The zero-order chi connectivity index (χ0) is 30.2. The number of nitro groups is 1. The fourth-order valence-corrected chi connectivity index (χ4v) is 6.90. The molecule has 4 aromatic rings. The third-order valence-corrected chi connectivity index (χ3v) is 8.94. The third kappa shape index (κ3) is 4.71.